The molecule has 0 radical (unpaired) electrons. The maximum Gasteiger partial charge on any atom is 0.125 e. The van der Waals surface area contributed by atoms with Crippen LogP contribution in [0.15, 0.2) is 36.4 Å². The van der Waals surface area contributed by atoms with Crippen molar-refractivity contribution >= 4 is 11.4 Å². The zero-order valence-corrected chi connectivity index (χ0v) is 10.6. The molecule has 0 aliphatic carbocycles. The quantitative estimate of drug-likeness (QED) is 0.809. The maximum atomic E-state index is 12.9. The fourth-order valence-electron chi connectivity index (χ4n) is 1.93. The van der Waals surface area contributed by atoms with E-state index in [1.165, 1.54) is 28.8 Å². The van der Waals surface area contributed by atoms with Crippen LogP contribution in [0.5, 0.6) is 0 Å². The highest BCUT2D eigenvalue weighted by atomic mass is 19.1. The van der Waals surface area contributed by atoms with Crippen molar-refractivity contribution in [3.05, 3.63) is 58.9 Å². The molecule has 0 aromatic heterocycles. The van der Waals surface area contributed by atoms with E-state index >= 15 is 0 Å². The van der Waals surface area contributed by atoms with Gasteiger partial charge in [0.1, 0.15) is 5.82 Å². The Bertz CT molecular complexity index is 513. The lowest BCUT2D eigenvalue weighted by Gasteiger charge is -2.11. The van der Waals surface area contributed by atoms with Crippen molar-refractivity contribution in [2.45, 2.75) is 20.4 Å². The van der Waals surface area contributed by atoms with Gasteiger partial charge in [0.2, 0.25) is 0 Å². The van der Waals surface area contributed by atoms with Gasteiger partial charge in [-0.15, -0.1) is 0 Å². The number of nitrogens with one attached hydrogen (secondary N) is 1. The maximum absolute atomic E-state index is 12.9. The monoisotopic (exact) mass is 244 g/mol. The molecule has 0 fully saturated rings. The molecule has 2 rings (SSSR count). The van der Waals surface area contributed by atoms with Gasteiger partial charge in [-0.25, -0.2) is 4.39 Å². The molecule has 2 nitrogen and oxygen atoms in total. The number of halogens is 1. The van der Waals surface area contributed by atoms with Gasteiger partial charge in [0, 0.05) is 6.54 Å². The Hall–Kier alpha value is -2.03. The number of anilines is 2. The van der Waals surface area contributed by atoms with Crippen LogP contribution in [0.1, 0.15) is 16.7 Å². The number of hydrogen-bond acceptors (Lipinski definition) is 2. The van der Waals surface area contributed by atoms with Crippen molar-refractivity contribution < 1.29 is 4.39 Å². The summed E-state index contributed by atoms with van der Waals surface area (Å²) < 4.78 is 12.9. The molecule has 0 bridgehead atoms. The first-order valence-corrected chi connectivity index (χ1v) is 5.91. The number of aryl methyl sites for hydroxylation is 2. The van der Waals surface area contributed by atoms with Crippen molar-refractivity contribution in [3.63, 3.8) is 0 Å². The summed E-state index contributed by atoms with van der Waals surface area (Å²) in [6, 6.07) is 10.7. The first-order chi connectivity index (χ1) is 8.56. The van der Waals surface area contributed by atoms with Gasteiger partial charge in [0.25, 0.3) is 0 Å². The Morgan fingerprint density at radius 2 is 1.89 bits per heavy atom. The molecule has 0 aliphatic heterocycles. The van der Waals surface area contributed by atoms with Crippen LogP contribution in [0.3, 0.4) is 0 Å². The second-order valence-corrected chi connectivity index (χ2v) is 4.52. The normalized spacial score (nSPS) is 10.4. The highest BCUT2D eigenvalue weighted by molar-refractivity contribution is 5.66. The summed E-state index contributed by atoms with van der Waals surface area (Å²) in [4.78, 5) is 0. The third-order valence-electron chi connectivity index (χ3n) is 2.98. The summed E-state index contributed by atoms with van der Waals surface area (Å²) >= 11 is 0. The van der Waals surface area contributed by atoms with Crippen LogP contribution in [-0.4, -0.2) is 0 Å². The van der Waals surface area contributed by atoms with E-state index in [0.717, 1.165) is 5.69 Å². The highest BCUT2D eigenvalue weighted by Crippen LogP contribution is 2.20. The summed E-state index contributed by atoms with van der Waals surface area (Å²) in [7, 11) is 0. The third kappa shape index (κ3) is 2.80. The molecule has 0 amide bonds. The van der Waals surface area contributed by atoms with Crippen molar-refractivity contribution in [1.82, 2.24) is 0 Å². The fraction of sp³-hybridized carbons (Fsp3) is 0.200. The smallest absolute Gasteiger partial charge is 0.125 e. The second kappa shape index (κ2) is 5.08. The van der Waals surface area contributed by atoms with Crippen LogP contribution in [0.4, 0.5) is 15.8 Å². The number of nitrogens with two attached hydrogens (primary N) is 1. The van der Waals surface area contributed by atoms with E-state index in [2.05, 4.69) is 37.4 Å². The summed E-state index contributed by atoms with van der Waals surface area (Å²) in [5, 5.41) is 3.23. The molecule has 2 aromatic rings. The zero-order valence-electron chi connectivity index (χ0n) is 10.6. The van der Waals surface area contributed by atoms with E-state index in [-0.39, 0.29) is 5.82 Å². The zero-order chi connectivity index (χ0) is 13.1. The predicted molar refractivity (Wildman–Crippen MR) is 74.1 cm³/mol. The Kier molecular flexibility index (Phi) is 3.51. The van der Waals surface area contributed by atoms with Crippen LogP contribution in [0, 0.1) is 19.7 Å². The lowest BCUT2D eigenvalue weighted by atomic mass is 10.1. The highest BCUT2D eigenvalue weighted by Gasteiger charge is 2.02. The first kappa shape index (κ1) is 12.4. The molecule has 0 aliphatic rings. The summed E-state index contributed by atoms with van der Waals surface area (Å²) in [6.07, 6.45) is 0. The molecule has 0 saturated carbocycles. The Morgan fingerprint density at radius 3 is 2.56 bits per heavy atom. The van der Waals surface area contributed by atoms with E-state index in [4.69, 9.17) is 5.73 Å². The van der Waals surface area contributed by atoms with Gasteiger partial charge in [0.15, 0.2) is 0 Å². The van der Waals surface area contributed by atoms with Crippen LogP contribution in [0.2, 0.25) is 0 Å². The molecule has 94 valence electrons. The first-order valence-electron chi connectivity index (χ1n) is 5.91. The lowest BCUT2D eigenvalue weighted by molar-refractivity contribution is 0.628. The molecule has 3 heteroatoms. The van der Waals surface area contributed by atoms with Crippen LogP contribution in [0.25, 0.3) is 0 Å². The molecule has 0 spiro atoms. The van der Waals surface area contributed by atoms with E-state index < -0.39 is 0 Å². The molecule has 18 heavy (non-hydrogen) atoms. The third-order valence-corrected chi connectivity index (χ3v) is 2.98. The van der Waals surface area contributed by atoms with E-state index in [9.17, 15) is 4.39 Å². The Morgan fingerprint density at radius 1 is 1.11 bits per heavy atom. The molecular weight excluding hydrogens is 227 g/mol. The van der Waals surface area contributed by atoms with Crippen LogP contribution >= 0.6 is 0 Å². The molecule has 0 unspecified atom stereocenters. The fourth-order valence-corrected chi connectivity index (χ4v) is 1.93. The molecular formula is C15H17FN2. The number of nitrogen functional groups attached to an aromatic ring is 1. The Balaban J connectivity index is 2.11. The average molecular weight is 244 g/mol. The van der Waals surface area contributed by atoms with Gasteiger partial charge < -0.3 is 11.1 Å². The van der Waals surface area contributed by atoms with Crippen LogP contribution in [-0.2, 0) is 6.54 Å². The largest absolute Gasteiger partial charge is 0.397 e. The van der Waals surface area contributed by atoms with Crippen molar-refractivity contribution in [3.8, 4) is 0 Å². The minimum Gasteiger partial charge on any atom is -0.397 e. The van der Waals surface area contributed by atoms with Gasteiger partial charge in [-0.3, -0.25) is 0 Å². The van der Waals surface area contributed by atoms with E-state index in [1.807, 2.05) is 0 Å². The van der Waals surface area contributed by atoms with Gasteiger partial charge in [0.05, 0.1) is 11.4 Å². The lowest BCUT2D eigenvalue weighted by Crippen LogP contribution is -2.04. The van der Waals surface area contributed by atoms with E-state index in [1.54, 1.807) is 6.07 Å². The standard InChI is InChI=1S/C15H17FN2/c1-10-3-4-12(11(2)7-10)9-18-15-6-5-13(16)8-14(15)17/h3-8,18H,9,17H2,1-2H3. The molecule has 0 heterocycles. The van der Waals surface area contributed by atoms with Gasteiger partial charge in [-0.1, -0.05) is 23.8 Å². The van der Waals surface area contributed by atoms with Crippen molar-refractivity contribution in [2.75, 3.05) is 11.1 Å². The topological polar surface area (TPSA) is 38.0 Å². The van der Waals surface area contributed by atoms with Gasteiger partial charge in [-0.05, 0) is 43.2 Å². The van der Waals surface area contributed by atoms with Gasteiger partial charge in [-0.2, -0.15) is 0 Å². The van der Waals surface area contributed by atoms with Crippen molar-refractivity contribution in [2.24, 2.45) is 0 Å². The summed E-state index contributed by atoms with van der Waals surface area (Å²) in [6.45, 7) is 4.84. The van der Waals surface area contributed by atoms with Crippen LogP contribution < -0.4 is 11.1 Å². The van der Waals surface area contributed by atoms with Gasteiger partial charge >= 0.3 is 0 Å². The second-order valence-electron chi connectivity index (χ2n) is 4.52. The summed E-state index contributed by atoms with van der Waals surface area (Å²) in [5.74, 6) is -0.315. The minimum absolute atomic E-state index is 0.315. The minimum atomic E-state index is -0.315. The number of benzene rings is 2. The molecule has 0 atom stereocenters. The molecule has 0 saturated heterocycles. The number of rotatable bonds is 3. The molecule has 2 aromatic carbocycles. The summed E-state index contributed by atoms with van der Waals surface area (Å²) in [5.41, 5.74) is 10.6. The molecule has 3 N–H and O–H groups in total. The SMILES string of the molecule is Cc1ccc(CNc2ccc(F)cc2N)c(C)c1. The number of hydrogen-bond donors (Lipinski definition) is 2. The predicted octanol–water partition coefficient (Wildman–Crippen LogP) is 3.64. The Labute approximate surface area is 107 Å². The van der Waals surface area contributed by atoms with E-state index in [0.29, 0.717) is 12.2 Å². The van der Waals surface area contributed by atoms with Crippen molar-refractivity contribution in [1.29, 1.82) is 0 Å². The average Bonchev–Trinajstić information content (AvgIpc) is 2.30.